The highest BCUT2D eigenvalue weighted by molar-refractivity contribution is 5.99. The zero-order valence-electron chi connectivity index (χ0n) is 19.9. The number of unbranched alkanes of at least 4 members (excludes halogenated alkanes) is 3. The van der Waals surface area contributed by atoms with E-state index in [1.807, 2.05) is 0 Å². The lowest BCUT2D eigenvalue weighted by Crippen LogP contribution is -2.42. The molecule has 4 rings (SSSR count). The molecule has 1 aromatic carbocycles. The van der Waals surface area contributed by atoms with E-state index in [4.69, 9.17) is 5.73 Å². The zero-order chi connectivity index (χ0) is 25.7. The molecule has 0 amide bonds. The fourth-order valence-electron chi connectivity index (χ4n) is 4.71. The largest absolute Gasteiger partial charge is 0.478 e. The molecule has 0 unspecified atom stereocenters. The van der Waals surface area contributed by atoms with Gasteiger partial charge < -0.3 is 26.0 Å². The lowest BCUT2D eigenvalue weighted by molar-refractivity contribution is -0.137. The third kappa shape index (κ3) is 6.14. The summed E-state index contributed by atoms with van der Waals surface area (Å²) in [6, 6.07) is 4.28. The van der Waals surface area contributed by atoms with Gasteiger partial charge in [0.25, 0.3) is 0 Å². The Morgan fingerprint density at radius 2 is 2.06 bits per heavy atom. The van der Waals surface area contributed by atoms with Gasteiger partial charge in [-0.2, -0.15) is 13.2 Å². The minimum Gasteiger partial charge on any atom is -0.478 e. The van der Waals surface area contributed by atoms with E-state index in [1.165, 1.54) is 24.4 Å². The minimum absolute atomic E-state index is 0.0356. The van der Waals surface area contributed by atoms with Gasteiger partial charge in [0.05, 0.1) is 11.3 Å². The van der Waals surface area contributed by atoms with E-state index in [2.05, 4.69) is 25.2 Å². The van der Waals surface area contributed by atoms with Crippen molar-refractivity contribution in [1.82, 2.24) is 19.9 Å². The number of carboxylic acids is 1. The average Bonchev–Trinajstić information content (AvgIpc) is 3.27. The van der Waals surface area contributed by atoms with Gasteiger partial charge in [-0.15, -0.1) is 0 Å². The van der Waals surface area contributed by atoms with Gasteiger partial charge in [0, 0.05) is 41.4 Å². The molecule has 0 radical (unpaired) electrons. The van der Waals surface area contributed by atoms with Crippen molar-refractivity contribution in [2.24, 2.45) is 5.73 Å². The molecule has 36 heavy (non-hydrogen) atoms. The molecule has 1 atom stereocenters. The highest BCUT2D eigenvalue weighted by Gasteiger charge is 2.36. The fraction of sp³-hybridized carbons (Fsp3) is 0.480. The van der Waals surface area contributed by atoms with Crippen molar-refractivity contribution in [2.75, 3.05) is 31.5 Å². The van der Waals surface area contributed by atoms with E-state index in [0.717, 1.165) is 64.4 Å². The van der Waals surface area contributed by atoms with Crippen LogP contribution in [0.25, 0.3) is 22.2 Å². The summed E-state index contributed by atoms with van der Waals surface area (Å²) < 4.78 is 41.5. The smallest absolute Gasteiger partial charge is 0.419 e. The number of nitrogens with zero attached hydrogens (tertiary/aromatic N) is 3. The van der Waals surface area contributed by atoms with E-state index in [1.54, 1.807) is 0 Å². The molecule has 11 heteroatoms. The SMILES string of the molecule is NCCCCCCN1CCC[C@H](Nc2ncc(C(F)(F)F)c(-c3c[nH]c4cc(C(=O)O)ccc34)n2)C1. The molecule has 1 aliphatic heterocycles. The molecule has 1 aliphatic rings. The van der Waals surface area contributed by atoms with Crippen molar-refractivity contribution in [3.63, 3.8) is 0 Å². The minimum atomic E-state index is -4.65. The maximum absolute atomic E-state index is 13.8. The molecular weight excluding hydrogens is 473 g/mol. The summed E-state index contributed by atoms with van der Waals surface area (Å²) in [5.74, 6) is -0.973. The summed E-state index contributed by atoms with van der Waals surface area (Å²) in [7, 11) is 0. The number of carbonyl (C=O) groups is 1. The topological polar surface area (TPSA) is 120 Å². The maximum atomic E-state index is 13.8. The van der Waals surface area contributed by atoms with Crippen LogP contribution < -0.4 is 11.1 Å². The number of carboxylic acid groups (broad SMARTS) is 1. The van der Waals surface area contributed by atoms with Crippen LogP contribution in [0.2, 0.25) is 0 Å². The summed E-state index contributed by atoms with van der Waals surface area (Å²) >= 11 is 0. The first-order chi connectivity index (χ1) is 17.3. The van der Waals surface area contributed by atoms with Crippen molar-refractivity contribution >= 4 is 22.8 Å². The van der Waals surface area contributed by atoms with Crippen molar-refractivity contribution < 1.29 is 23.1 Å². The predicted molar refractivity (Wildman–Crippen MR) is 132 cm³/mol. The summed E-state index contributed by atoms with van der Waals surface area (Å²) in [5, 5.41) is 12.9. The standard InChI is InChI=1S/C25H31F3N6O2/c26-25(27,28)20-14-31-24(32-17-6-5-11-34(15-17)10-4-2-1-3-9-29)33-22(20)19-13-30-21-12-16(23(35)36)7-8-18(19)21/h7-8,12-14,17,30H,1-6,9-11,15,29H2,(H,35,36)(H,31,32,33)/t17-/m0/s1. The van der Waals surface area contributed by atoms with E-state index < -0.39 is 17.7 Å². The van der Waals surface area contributed by atoms with Crippen LogP contribution in [0.15, 0.2) is 30.6 Å². The first-order valence-corrected chi connectivity index (χ1v) is 12.2. The Hall–Kier alpha value is -3.18. The fourth-order valence-corrected chi connectivity index (χ4v) is 4.71. The molecule has 1 saturated heterocycles. The number of benzene rings is 1. The monoisotopic (exact) mass is 504 g/mol. The van der Waals surface area contributed by atoms with E-state index >= 15 is 0 Å². The molecule has 8 nitrogen and oxygen atoms in total. The third-order valence-electron chi connectivity index (χ3n) is 6.55. The maximum Gasteiger partial charge on any atom is 0.419 e. The number of aromatic nitrogens is 3. The molecule has 1 fully saturated rings. The normalized spacial score (nSPS) is 16.9. The van der Waals surface area contributed by atoms with Crippen LogP contribution in [0.1, 0.15) is 54.4 Å². The van der Waals surface area contributed by atoms with Gasteiger partial charge in [-0.05, 0) is 57.5 Å². The number of piperidine rings is 1. The highest BCUT2D eigenvalue weighted by atomic mass is 19.4. The van der Waals surface area contributed by atoms with Crippen molar-refractivity contribution in [1.29, 1.82) is 0 Å². The molecule has 0 spiro atoms. The Kier molecular flexibility index (Phi) is 8.10. The molecule has 194 valence electrons. The Balaban J connectivity index is 1.54. The van der Waals surface area contributed by atoms with Crippen LogP contribution in [0.3, 0.4) is 0 Å². The van der Waals surface area contributed by atoms with E-state index in [9.17, 15) is 23.1 Å². The summed E-state index contributed by atoms with van der Waals surface area (Å²) in [5.41, 5.74) is 5.05. The van der Waals surface area contributed by atoms with Crippen molar-refractivity contribution in [2.45, 2.75) is 50.7 Å². The van der Waals surface area contributed by atoms with Gasteiger partial charge in [-0.3, -0.25) is 0 Å². The Bertz CT molecular complexity index is 1200. The number of aromatic carboxylic acids is 1. The van der Waals surface area contributed by atoms with Gasteiger partial charge in [-0.25, -0.2) is 14.8 Å². The summed E-state index contributed by atoms with van der Waals surface area (Å²) in [6.45, 7) is 3.48. The van der Waals surface area contributed by atoms with Gasteiger partial charge in [0.1, 0.15) is 5.56 Å². The number of hydrogen-bond donors (Lipinski definition) is 4. The third-order valence-corrected chi connectivity index (χ3v) is 6.55. The first-order valence-electron chi connectivity index (χ1n) is 12.2. The lowest BCUT2D eigenvalue weighted by atomic mass is 10.0. The van der Waals surface area contributed by atoms with Gasteiger partial charge in [0.15, 0.2) is 0 Å². The molecule has 2 aromatic heterocycles. The van der Waals surface area contributed by atoms with Crippen LogP contribution in [-0.2, 0) is 6.18 Å². The Labute approximate surface area is 207 Å². The molecule has 0 aliphatic carbocycles. The van der Waals surface area contributed by atoms with Crippen molar-refractivity contribution in [3.8, 4) is 11.3 Å². The second-order valence-corrected chi connectivity index (χ2v) is 9.21. The molecule has 3 heterocycles. The van der Waals surface area contributed by atoms with Crippen LogP contribution >= 0.6 is 0 Å². The number of anilines is 1. The van der Waals surface area contributed by atoms with E-state index in [-0.39, 0.29) is 28.8 Å². The van der Waals surface area contributed by atoms with Gasteiger partial charge in [0.2, 0.25) is 5.95 Å². The zero-order valence-corrected chi connectivity index (χ0v) is 19.9. The molecule has 3 aromatic rings. The average molecular weight is 505 g/mol. The first kappa shape index (κ1) is 25.9. The summed E-state index contributed by atoms with van der Waals surface area (Å²) in [6.07, 6.45) is 3.85. The number of nitrogens with one attached hydrogen (secondary N) is 2. The van der Waals surface area contributed by atoms with Crippen molar-refractivity contribution in [3.05, 3.63) is 41.7 Å². The molecule has 0 saturated carbocycles. The molecular formula is C25H31F3N6O2. The number of alkyl halides is 3. The lowest BCUT2D eigenvalue weighted by Gasteiger charge is -2.33. The summed E-state index contributed by atoms with van der Waals surface area (Å²) in [4.78, 5) is 24.8. The Morgan fingerprint density at radius 1 is 1.25 bits per heavy atom. The highest BCUT2D eigenvalue weighted by Crippen LogP contribution is 2.39. The predicted octanol–water partition coefficient (Wildman–Crippen LogP) is 4.74. The second-order valence-electron chi connectivity index (χ2n) is 9.21. The van der Waals surface area contributed by atoms with Crippen LogP contribution in [-0.4, -0.2) is 63.1 Å². The number of nitrogens with two attached hydrogens (primary N) is 1. The number of rotatable bonds is 10. The molecule has 5 N–H and O–H groups in total. The van der Waals surface area contributed by atoms with Crippen LogP contribution in [0.5, 0.6) is 0 Å². The van der Waals surface area contributed by atoms with Crippen LogP contribution in [0.4, 0.5) is 19.1 Å². The number of hydrogen-bond acceptors (Lipinski definition) is 6. The number of fused-ring (bicyclic) bond motifs is 1. The number of aromatic amines is 1. The molecule has 0 bridgehead atoms. The van der Waals surface area contributed by atoms with Crippen LogP contribution in [0, 0.1) is 0 Å². The van der Waals surface area contributed by atoms with E-state index in [0.29, 0.717) is 17.4 Å². The number of halogens is 3. The van der Waals surface area contributed by atoms with Gasteiger partial charge in [-0.1, -0.05) is 18.9 Å². The van der Waals surface area contributed by atoms with Gasteiger partial charge >= 0.3 is 12.1 Å². The number of likely N-dealkylation sites (tertiary alicyclic amines) is 1. The number of H-pyrrole nitrogens is 1. The quantitative estimate of drug-likeness (QED) is 0.295. The Morgan fingerprint density at radius 3 is 2.81 bits per heavy atom. The second kappa shape index (κ2) is 11.3.